The first-order chi connectivity index (χ1) is 10.1. The Morgan fingerprint density at radius 1 is 1.29 bits per heavy atom. The van der Waals surface area contributed by atoms with E-state index in [0.29, 0.717) is 6.04 Å². The van der Waals surface area contributed by atoms with Gasteiger partial charge in [-0.25, -0.2) is 0 Å². The van der Waals surface area contributed by atoms with Gasteiger partial charge >= 0.3 is 0 Å². The summed E-state index contributed by atoms with van der Waals surface area (Å²) in [6, 6.07) is 10.8. The molecule has 0 fully saturated rings. The zero-order valence-electron chi connectivity index (χ0n) is 12.7. The molecule has 0 bridgehead atoms. The zero-order chi connectivity index (χ0) is 15.2. The third-order valence-electron chi connectivity index (χ3n) is 3.16. The van der Waals surface area contributed by atoms with Crippen LogP contribution in [0.5, 0.6) is 5.75 Å². The number of benzene rings is 1. The summed E-state index contributed by atoms with van der Waals surface area (Å²) in [5, 5.41) is 5.70. The molecule has 2 rings (SSSR count). The van der Waals surface area contributed by atoms with E-state index in [1.165, 1.54) is 14.9 Å². The molecule has 1 aromatic heterocycles. The quantitative estimate of drug-likeness (QED) is 0.726. The molecule has 2 nitrogen and oxygen atoms in total. The Balaban J connectivity index is 2.19. The van der Waals surface area contributed by atoms with E-state index in [2.05, 4.69) is 71.7 Å². The third kappa shape index (κ3) is 4.83. The van der Waals surface area contributed by atoms with Gasteiger partial charge in [0.2, 0.25) is 0 Å². The van der Waals surface area contributed by atoms with Gasteiger partial charge in [0.1, 0.15) is 5.75 Å². The van der Waals surface area contributed by atoms with Crippen LogP contribution in [0.25, 0.3) is 0 Å². The van der Waals surface area contributed by atoms with Gasteiger partial charge in [0.15, 0.2) is 0 Å². The topological polar surface area (TPSA) is 21.3 Å². The van der Waals surface area contributed by atoms with Crippen LogP contribution in [0.4, 0.5) is 0 Å². The van der Waals surface area contributed by atoms with Gasteiger partial charge in [-0.15, -0.1) is 11.3 Å². The molecule has 1 unspecified atom stereocenters. The molecule has 1 aromatic carbocycles. The third-order valence-corrected chi connectivity index (χ3v) is 5.11. The van der Waals surface area contributed by atoms with E-state index >= 15 is 0 Å². The maximum Gasteiger partial charge on any atom is 0.120 e. The van der Waals surface area contributed by atoms with Gasteiger partial charge in [0, 0.05) is 21.8 Å². The number of rotatable bonds is 7. The van der Waals surface area contributed by atoms with Crippen molar-refractivity contribution in [2.24, 2.45) is 0 Å². The Kier molecular flexibility index (Phi) is 6.27. The second-order valence-electron chi connectivity index (χ2n) is 5.25. The fourth-order valence-electron chi connectivity index (χ4n) is 2.29. The number of thiophene rings is 1. The minimum absolute atomic E-state index is 0.198. The molecule has 2 aromatic rings. The highest BCUT2D eigenvalue weighted by molar-refractivity contribution is 9.10. The lowest BCUT2D eigenvalue weighted by Crippen LogP contribution is -2.22. The largest absolute Gasteiger partial charge is 0.491 e. The van der Waals surface area contributed by atoms with Gasteiger partial charge in [0.25, 0.3) is 0 Å². The van der Waals surface area contributed by atoms with Gasteiger partial charge < -0.3 is 10.1 Å². The lowest BCUT2D eigenvalue weighted by atomic mass is 10.0. The van der Waals surface area contributed by atoms with Crippen LogP contribution in [-0.2, 0) is 6.42 Å². The van der Waals surface area contributed by atoms with Crippen LogP contribution in [0.15, 0.2) is 40.2 Å². The Labute approximate surface area is 139 Å². The van der Waals surface area contributed by atoms with Crippen molar-refractivity contribution in [3.8, 4) is 5.75 Å². The summed E-state index contributed by atoms with van der Waals surface area (Å²) in [6.45, 7) is 7.20. The van der Waals surface area contributed by atoms with Crippen molar-refractivity contribution in [1.82, 2.24) is 5.32 Å². The molecule has 114 valence electrons. The molecular formula is C17H22BrNOS. The van der Waals surface area contributed by atoms with E-state index in [1.54, 1.807) is 11.3 Å². The first-order valence-corrected chi connectivity index (χ1v) is 8.99. The normalized spacial score (nSPS) is 12.6. The number of halogens is 1. The van der Waals surface area contributed by atoms with E-state index < -0.39 is 0 Å². The monoisotopic (exact) mass is 367 g/mol. The molecule has 1 N–H and O–H groups in total. The van der Waals surface area contributed by atoms with Crippen LogP contribution in [0, 0.1) is 0 Å². The lowest BCUT2D eigenvalue weighted by molar-refractivity contribution is 0.242. The maximum atomic E-state index is 5.81. The number of ether oxygens (including phenoxy) is 1. The van der Waals surface area contributed by atoms with Crippen LogP contribution in [0.3, 0.4) is 0 Å². The van der Waals surface area contributed by atoms with Crippen molar-refractivity contribution < 1.29 is 4.74 Å². The number of nitrogens with one attached hydrogen (secondary N) is 1. The molecule has 0 amide bonds. The molecule has 21 heavy (non-hydrogen) atoms. The molecule has 0 saturated heterocycles. The predicted octanol–water partition coefficient (Wildman–Crippen LogP) is 5.19. The second kappa shape index (κ2) is 7.97. The number of likely N-dealkylation sites (N-methyl/N-ethyl adjacent to an activating group) is 1. The average molecular weight is 368 g/mol. The maximum absolute atomic E-state index is 5.81. The molecule has 0 radical (unpaired) electrons. The Morgan fingerprint density at radius 3 is 2.71 bits per heavy atom. The molecule has 0 aliphatic rings. The van der Waals surface area contributed by atoms with Crippen molar-refractivity contribution in [1.29, 1.82) is 0 Å². The fourth-order valence-corrected chi connectivity index (χ4v) is 3.85. The Bertz CT molecular complexity index is 567. The van der Waals surface area contributed by atoms with E-state index in [9.17, 15) is 0 Å². The summed E-state index contributed by atoms with van der Waals surface area (Å²) in [4.78, 5) is 1.37. The highest BCUT2D eigenvalue weighted by Crippen LogP contribution is 2.29. The van der Waals surface area contributed by atoms with Gasteiger partial charge in [0.05, 0.1) is 6.10 Å². The van der Waals surface area contributed by atoms with E-state index in [1.807, 2.05) is 6.07 Å². The molecular weight excluding hydrogens is 346 g/mol. The van der Waals surface area contributed by atoms with Gasteiger partial charge in [-0.2, -0.15) is 0 Å². The Morgan fingerprint density at radius 2 is 2.10 bits per heavy atom. The summed E-state index contributed by atoms with van der Waals surface area (Å²) in [5.74, 6) is 0.940. The van der Waals surface area contributed by atoms with Crippen LogP contribution < -0.4 is 10.1 Å². The van der Waals surface area contributed by atoms with Crippen molar-refractivity contribution in [2.75, 3.05) is 6.54 Å². The summed E-state index contributed by atoms with van der Waals surface area (Å²) in [7, 11) is 0. The predicted molar refractivity (Wildman–Crippen MR) is 94.3 cm³/mol. The SMILES string of the molecule is CCNC(Cc1sccc1Br)c1cccc(OC(C)C)c1. The van der Waals surface area contributed by atoms with Crippen molar-refractivity contribution in [2.45, 2.75) is 39.3 Å². The second-order valence-corrected chi connectivity index (χ2v) is 7.10. The number of hydrogen-bond acceptors (Lipinski definition) is 3. The summed E-state index contributed by atoms with van der Waals surface area (Å²) in [5.41, 5.74) is 1.27. The lowest BCUT2D eigenvalue weighted by Gasteiger charge is -2.19. The van der Waals surface area contributed by atoms with Crippen LogP contribution >= 0.6 is 27.3 Å². The molecule has 0 saturated carbocycles. The van der Waals surface area contributed by atoms with Crippen molar-refractivity contribution in [3.63, 3.8) is 0 Å². The van der Waals surface area contributed by atoms with E-state index in [-0.39, 0.29) is 6.10 Å². The van der Waals surface area contributed by atoms with Gasteiger partial charge in [-0.3, -0.25) is 0 Å². The molecule has 1 heterocycles. The average Bonchev–Trinajstić information content (AvgIpc) is 2.83. The van der Waals surface area contributed by atoms with Crippen LogP contribution in [-0.4, -0.2) is 12.6 Å². The molecule has 0 aliphatic heterocycles. The summed E-state index contributed by atoms with van der Waals surface area (Å²) >= 11 is 5.42. The molecule has 0 spiro atoms. The standard InChI is InChI=1S/C17H22BrNOS/c1-4-19-16(11-17-15(18)8-9-21-17)13-6-5-7-14(10-13)20-12(2)3/h5-10,12,16,19H,4,11H2,1-3H3. The Hall–Kier alpha value is -0.840. The molecule has 1 atom stereocenters. The van der Waals surface area contributed by atoms with E-state index in [4.69, 9.17) is 4.74 Å². The number of hydrogen-bond donors (Lipinski definition) is 1. The highest BCUT2D eigenvalue weighted by atomic mass is 79.9. The minimum Gasteiger partial charge on any atom is -0.491 e. The first-order valence-electron chi connectivity index (χ1n) is 7.32. The molecule has 0 aliphatic carbocycles. The van der Waals surface area contributed by atoms with Crippen LogP contribution in [0.1, 0.15) is 37.3 Å². The summed E-state index contributed by atoms with van der Waals surface area (Å²) < 4.78 is 7.01. The smallest absolute Gasteiger partial charge is 0.120 e. The zero-order valence-corrected chi connectivity index (χ0v) is 15.1. The highest BCUT2D eigenvalue weighted by Gasteiger charge is 2.14. The van der Waals surface area contributed by atoms with Crippen molar-refractivity contribution in [3.05, 3.63) is 50.6 Å². The summed E-state index contributed by atoms with van der Waals surface area (Å²) in [6.07, 6.45) is 1.18. The molecule has 4 heteroatoms. The van der Waals surface area contributed by atoms with Crippen molar-refractivity contribution >= 4 is 27.3 Å². The fraction of sp³-hybridized carbons (Fsp3) is 0.412. The minimum atomic E-state index is 0.198. The van der Waals surface area contributed by atoms with Crippen LogP contribution in [0.2, 0.25) is 0 Å². The van der Waals surface area contributed by atoms with Gasteiger partial charge in [-0.1, -0.05) is 19.1 Å². The van der Waals surface area contributed by atoms with E-state index in [0.717, 1.165) is 18.7 Å². The van der Waals surface area contributed by atoms with Gasteiger partial charge in [-0.05, 0) is 65.5 Å². The first kappa shape index (κ1) is 16.5.